The van der Waals surface area contributed by atoms with Crippen molar-refractivity contribution in [3.8, 4) is 17.2 Å². The van der Waals surface area contributed by atoms with Gasteiger partial charge in [-0.1, -0.05) is 18.2 Å². The van der Waals surface area contributed by atoms with Crippen LogP contribution < -0.4 is 10.2 Å². The lowest BCUT2D eigenvalue weighted by atomic mass is 10.1. The molecule has 114 valence electrons. The topological polar surface area (TPSA) is 91.2 Å². The van der Waals surface area contributed by atoms with Crippen molar-refractivity contribution in [3.63, 3.8) is 0 Å². The number of hydrogen-bond acceptors (Lipinski definition) is 5. The molecular formula is C16H16N2O4. The Bertz CT molecular complexity index is 726. The van der Waals surface area contributed by atoms with Crippen LogP contribution in [0.2, 0.25) is 0 Å². The molecule has 0 aliphatic carbocycles. The molecule has 0 bridgehead atoms. The van der Waals surface area contributed by atoms with Gasteiger partial charge in [-0.05, 0) is 31.2 Å². The van der Waals surface area contributed by atoms with E-state index in [0.29, 0.717) is 17.0 Å². The first-order valence-electron chi connectivity index (χ1n) is 6.53. The van der Waals surface area contributed by atoms with Crippen molar-refractivity contribution in [3.05, 3.63) is 53.6 Å². The summed E-state index contributed by atoms with van der Waals surface area (Å²) in [5.41, 5.74) is 3.30. The fourth-order valence-corrected chi connectivity index (χ4v) is 1.90. The van der Waals surface area contributed by atoms with Crippen molar-refractivity contribution in [2.75, 3.05) is 7.11 Å². The van der Waals surface area contributed by atoms with E-state index in [1.54, 1.807) is 37.3 Å². The normalized spacial score (nSPS) is 11.1. The fourth-order valence-electron chi connectivity index (χ4n) is 1.90. The van der Waals surface area contributed by atoms with E-state index >= 15 is 0 Å². The van der Waals surface area contributed by atoms with Gasteiger partial charge in [0.25, 0.3) is 5.91 Å². The van der Waals surface area contributed by atoms with E-state index in [2.05, 4.69) is 10.5 Å². The van der Waals surface area contributed by atoms with Crippen LogP contribution in [0.25, 0.3) is 0 Å². The van der Waals surface area contributed by atoms with Gasteiger partial charge >= 0.3 is 0 Å². The number of benzene rings is 2. The Balaban J connectivity index is 2.20. The first kappa shape index (κ1) is 15.4. The number of methoxy groups -OCH3 is 1. The van der Waals surface area contributed by atoms with Crippen molar-refractivity contribution in [2.45, 2.75) is 6.92 Å². The summed E-state index contributed by atoms with van der Waals surface area (Å²) in [5.74, 6) is -0.404. The zero-order valence-corrected chi connectivity index (χ0v) is 12.2. The van der Waals surface area contributed by atoms with E-state index in [1.807, 2.05) is 0 Å². The van der Waals surface area contributed by atoms with Gasteiger partial charge in [-0.15, -0.1) is 0 Å². The number of carbonyl (C=O) groups excluding carboxylic acids is 1. The second kappa shape index (κ2) is 6.62. The van der Waals surface area contributed by atoms with E-state index in [1.165, 1.54) is 19.2 Å². The van der Waals surface area contributed by atoms with Crippen LogP contribution >= 0.6 is 0 Å². The Morgan fingerprint density at radius 1 is 1.09 bits per heavy atom. The first-order valence-corrected chi connectivity index (χ1v) is 6.53. The molecule has 2 rings (SSSR count). The van der Waals surface area contributed by atoms with Crippen LogP contribution in [0.5, 0.6) is 17.2 Å². The highest BCUT2D eigenvalue weighted by Crippen LogP contribution is 2.29. The Kier molecular flexibility index (Phi) is 4.63. The molecular weight excluding hydrogens is 284 g/mol. The van der Waals surface area contributed by atoms with Crippen molar-refractivity contribution in [1.29, 1.82) is 0 Å². The predicted molar refractivity (Wildman–Crippen MR) is 82.4 cm³/mol. The minimum Gasteiger partial charge on any atom is -0.507 e. The summed E-state index contributed by atoms with van der Waals surface area (Å²) in [6.07, 6.45) is 0. The molecule has 1 amide bonds. The number of phenols is 2. The number of nitrogens with one attached hydrogen (secondary N) is 1. The largest absolute Gasteiger partial charge is 0.507 e. The van der Waals surface area contributed by atoms with Gasteiger partial charge in [-0.3, -0.25) is 4.79 Å². The molecule has 3 N–H and O–H groups in total. The zero-order chi connectivity index (χ0) is 16.1. The summed E-state index contributed by atoms with van der Waals surface area (Å²) in [7, 11) is 1.45. The van der Waals surface area contributed by atoms with Gasteiger partial charge in [0.05, 0.1) is 18.4 Å². The van der Waals surface area contributed by atoms with Crippen LogP contribution in [0.1, 0.15) is 22.8 Å². The Morgan fingerprint density at radius 2 is 1.77 bits per heavy atom. The molecule has 0 unspecified atom stereocenters. The highest BCUT2D eigenvalue weighted by molar-refractivity contribution is 6.03. The molecule has 0 heterocycles. The third-order valence-corrected chi connectivity index (χ3v) is 3.08. The summed E-state index contributed by atoms with van der Waals surface area (Å²) >= 11 is 0. The smallest absolute Gasteiger partial charge is 0.275 e. The molecule has 6 heteroatoms. The molecule has 0 saturated heterocycles. The van der Waals surface area contributed by atoms with Gasteiger partial charge in [-0.25, -0.2) is 5.43 Å². The number of nitrogens with zero attached hydrogens (tertiary/aromatic N) is 1. The number of aromatic hydroxyl groups is 2. The van der Waals surface area contributed by atoms with Gasteiger partial charge in [0.2, 0.25) is 0 Å². The third-order valence-electron chi connectivity index (χ3n) is 3.08. The maximum Gasteiger partial charge on any atom is 0.275 e. The number of phenolic OH excluding ortho intramolecular Hbond substituents is 2. The molecule has 0 radical (unpaired) electrons. The highest BCUT2D eigenvalue weighted by atomic mass is 16.5. The quantitative estimate of drug-likeness (QED) is 0.596. The lowest BCUT2D eigenvalue weighted by Crippen LogP contribution is -2.19. The average molecular weight is 300 g/mol. The molecule has 0 saturated carbocycles. The zero-order valence-electron chi connectivity index (χ0n) is 12.2. The summed E-state index contributed by atoms with van der Waals surface area (Å²) in [4.78, 5) is 11.9. The molecule has 6 nitrogen and oxygen atoms in total. The third kappa shape index (κ3) is 3.17. The van der Waals surface area contributed by atoms with Gasteiger partial charge in [0.15, 0.2) is 11.5 Å². The lowest BCUT2D eigenvalue weighted by molar-refractivity contribution is 0.0952. The molecule has 0 spiro atoms. The van der Waals surface area contributed by atoms with Crippen LogP contribution in [0.3, 0.4) is 0 Å². The Labute approximate surface area is 127 Å². The van der Waals surface area contributed by atoms with Crippen LogP contribution in [0, 0.1) is 0 Å². The number of para-hydroxylation sites is 2. The van der Waals surface area contributed by atoms with Crippen LogP contribution in [-0.2, 0) is 0 Å². The molecule has 0 fully saturated rings. The Morgan fingerprint density at radius 3 is 2.45 bits per heavy atom. The minimum atomic E-state index is -0.542. The summed E-state index contributed by atoms with van der Waals surface area (Å²) in [5, 5.41) is 23.6. The molecule has 0 aromatic heterocycles. The summed E-state index contributed by atoms with van der Waals surface area (Å²) < 4.78 is 5.02. The van der Waals surface area contributed by atoms with Crippen molar-refractivity contribution < 1.29 is 19.7 Å². The standard InChI is InChI=1S/C16H16N2O4/c1-10(11-7-5-9-14(22-2)15(11)20)17-18-16(21)12-6-3-4-8-13(12)19/h3-9,19-20H,1-2H3,(H,18,21). The molecule has 22 heavy (non-hydrogen) atoms. The summed E-state index contributed by atoms with van der Waals surface area (Å²) in [6, 6.07) is 11.1. The number of hydrazone groups is 1. The molecule has 0 aliphatic heterocycles. The van der Waals surface area contributed by atoms with Crippen molar-refractivity contribution >= 4 is 11.6 Å². The fraction of sp³-hybridized carbons (Fsp3) is 0.125. The number of carbonyl (C=O) groups is 1. The minimum absolute atomic E-state index is 0.0527. The first-order chi connectivity index (χ1) is 10.5. The lowest BCUT2D eigenvalue weighted by Gasteiger charge is -2.08. The Hall–Kier alpha value is -3.02. The van der Waals surface area contributed by atoms with Gasteiger partial charge in [0, 0.05) is 5.56 Å². The van der Waals surface area contributed by atoms with Crippen molar-refractivity contribution in [2.24, 2.45) is 5.10 Å². The maximum atomic E-state index is 11.9. The van der Waals surface area contributed by atoms with Crippen LogP contribution in [0.15, 0.2) is 47.6 Å². The van der Waals surface area contributed by atoms with Crippen LogP contribution in [0.4, 0.5) is 0 Å². The average Bonchev–Trinajstić information content (AvgIpc) is 2.53. The highest BCUT2D eigenvalue weighted by Gasteiger charge is 2.12. The number of rotatable bonds is 4. The number of amides is 1. The van der Waals surface area contributed by atoms with Gasteiger partial charge in [-0.2, -0.15) is 5.10 Å². The molecule has 2 aromatic rings. The van der Waals surface area contributed by atoms with E-state index in [4.69, 9.17) is 4.74 Å². The van der Waals surface area contributed by atoms with Crippen molar-refractivity contribution in [1.82, 2.24) is 5.43 Å². The second-order valence-electron chi connectivity index (χ2n) is 4.51. The number of hydrogen-bond donors (Lipinski definition) is 3. The predicted octanol–water partition coefficient (Wildman–Crippen LogP) is 2.26. The van der Waals surface area contributed by atoms with Gasteiger partial charge < -0.3 is 14.9 Å². The molecule has 0 atom stereocenters. The molecule has 0 aliphatic rings. The van der Waals surface area contributed by atoms with Gasteiger partial charge in [0.1, 0.15) is 5.75 Å². The monoisotopic (exact) mass is 300 g/mol. The SMILES string of the molecule is COc1cccc(C(C)=NNC(=O)c2ccccc2O)c1O. The van der Waals surface area contributed by atoms with E-state index in [0.717, 1.165) is 0 Å². The van der Waals surface area contributed by atoms with E-state index < -0.39 is 5.91 Å². The van der Waals surface area contributed by atoms with E-state index in [-0.39, 0.29) is 17.1 Å². The second-order valence-corrected chi connectivity index (χ2v) is 4.51. The summed E-state index contributed by atoms with van der Waals surface area (Å²) in [6.45, 7) is 1.64. The maximum absolute atomic E-state index is 11.9. The van der Waals surface area contributed by atoms with Crippen LogP contribution in [-0.4, -0.2) is 28.9 Å². The molecule has 2 aromatic carbocycles. The number of ether oxygens (including phenoxy) is 1. The van der Waals surface area contributed by atoms with E-state index in [9.17, 15) is 15.0 Å².